The molecule has 0 amide bonds. The van der Waals surface area contributed by atoms with Crippen molar-refractivity contribution in [3.05, 3.63) is 29.8 Å². The topological polar surface area (TPSA) is 75.4 Å². The minimum absolute atomic E-state index is 0.0420. The number of hydrogen-bond donors (Lipinski definition) is 2. The maximum atomic E-state index is 11.7. The Morgan fingerprint density at radius 2 is 2.05 bits per heavy atom. The Kier molecular flexibility index (Phi) is 5.01. The van der Waals surface area contributed by atoms with Crippen molar-refractivity contribution in [2.75, 3.05) is 24.6 Å². The van der Waals surface area contributed by atoms with E-state index >= 15 is 0 Å². The highest BCUT2D eigenvalue weighted by Crippen LogP contribution is 2.15. The summed E-state index contributed by atoms with van der Waals surface area (Å²) >= 11 is 0. The lowest BCUT2D eigenvalue weighted by Crippen LogP contribution is -2.38. The third kappa shape index (κ3) is 4.47. The Bertz CT molecular complexity index is 528. The Labute approximate surface area is 121 Å². The van der Waals surface area contributed by atoms with Crippen LogP contribution < -0.4 is 10.5 Å². The summed E-state index contributed by atoms with van der Waals surface area (Å²) in [6, 6.07) is 7.87. The summed E-state index contributed by atoms with van der Waals surface area (Å²) in [4.78, 5) is 2.27. The summed E-state index contributed by atoms with van der Waals surface area (Å²) in [5.41, 5.74) is 7.63. The highest BCUT2D eigenvalue weighted by molar-refractivity contribution is 7.89. The molecule has 1 aliphatic heterocycles. The van der Waals surface area contributed by atoms with E-state index in [0.29, 0.717) is 6.42 Å². The molecule has 3 N–H and O–H groups in total. The first-order valence-electron chi connectivity index (χ1n) is 7.05. The van der Waals surface area contributed by atoms with Crippen LogP contribution in [0, 0.1) is 0 Å². The number of nitrogen functional groups attached to an aromatic ring is 1. The van der Waals surface area contributed by atoms with Gasteiger partial charge in [-0.25, -0.2) is 13.1 Å². The molecule has 5 nitrogen and oxygen atoms in total. The van der Waals surface area contributed by atoms with E-state index in [-0.39, 0.29) is 11.8 Å². The van der Waals surface area contributed by atoms with E-state index in [0.717, 1.165) is 31.7 Å². The smallest absolute Gasteiger partial charge is 0.211 e. The Morgan fingerprint density at radius 3 is 2.70 bits per heavy atom. The van der Waals surface area contributed by atoms with Crippen molar-refractivity contribution in [1.29, 1.82) is 0 Å². The van der Waals surface area contributed by atoms with Crippen LogP contribution in [0.3, 0.4) is 0 Å². The molecule has 6 heteroatoms. The summed E-state index contributed by atoms with van der Waals surface area (Å²) in [6.45, 7) is 4.41. The average Bonchev–Trinajstić information content (AvgIpc) is 2.78. The van der Waals surface area contributed by atoms with Crippen LogP contribution in [0.25, 0.3) is 0 Å². The molecule has 1 saturated heterocycles. The van der Waals surface area contributed by atoms with E-state index in [1.54, 1.807) is 0 Å². The number of hydrogen-bond acceptors (Lipinski definition) is 4. The van der Waals surface area contributed by atoms with Gasteiger partial charge in [0.1, 0.15) is 0 Å². The third-order valence-corrected chi connectivity index (χ3v) is 5.12. The van der Waals surface area contributed by atoms with Crippen LogP contribution in [-0.2, 0) is 16.6 Å². The molecule has 0 radical (unpaired) electrons. The van der Waals surface area contributed by atoms with E-state index in [9.17, 15) is 8.42 Å². The van der Waals surface area contributed by atoms with Crippen molar-refractivity contribution >= 4 is 15.7 Å². The number of sulfonamides is 1. The van der Waals surface area contributed by atoms with Crippen LogP contribution in [0.4, 0.5) is 5.69 Å². The molecule has 1 atom stereocenters. The molecule has 1 fully saturated rings. The molecular formula is C14H23N3O2S. The van der Waals surface area contributed by atoms with Gasteiger partial charge in [-0.1, -0.05) is 19.1 Å². The van der Waals surface area contributed by atoms with E-state index < -0.39 is 10.0 Å². The van der Waals surface area contributed by atoms with Crippen molar-refractivity contribution in [2.24, 2.45) is 0 Å². The molecule has 0 saturated carbocycles. The third-order valence-electron chi connectivity index (χ3n) is 3.48. The fraction of sp³-hybridized carbons (Fsp3) is 0.571. The van der Waals surface area contributed by atoms with Crippen molar-refractivity contribution in [2.45, 2.75) is 32.4 Å². The standard InChI is InChI=1S/C14H23N3O2S/c1-2-9-20(18,19)16-14-7-8-17(11-14)10-12-3-5-13(15)6-4-12/h3-6,14,16H,2,7-11,15H2,1H3. The normalized spacial score (nSPS) is 20.4. The summed E-state index contributed by atoms with van der Waals surface area (Å²) in [5.74, 6) is 0.210. The molecule has 20 heavy (non-hydrogen) atoms. The predicted molar refractivity (Wildman–Crippen MR) is 81.7 cm³/mol. The number of anilines is 1. The second-order valence-corrected chi connectivity index (χ2v) is 7.27. The lowest BCUT2D eigenvalue weighted by atomic mass is 10.2. The van der Waals surface area contributed by atoms with Gasteiger partial charge in [0.05, 0.1) is 5.75 Å². The van der Waals surface area contributed by atoms with Crippen LogP contribution in [-0.4, -0.2) is 38.2 Å². The van der Waals surface area contributed by atoms with Gasteiger partial charge in [0, 0.05) is 31.4 Å². The van der Waals surface area contributed by atoms with E-state index in [1.165, 1.54) is 5.56 Å². The number of nitrogens with two attached hydrogens (primary N) is 1. The highest BCUT2D eigenvalue weighted by atomic mass is 32.2. The second kappa shape index (κ2) is 6.56. The van der Waals surface area contributed by atoms with Crippen LogP contribution in [0.1, 0.15) is 25.3 Å². The van der Waals surface area contributed by atoms with Crippen molar-refractivity contribution in [1.82, 2.24) is 9.62 Å². The molecule has 2 rings (SSSR count). The van der Waals surface area contributed by atoms with Gasteiger partial charge >= 0.3 is 0 Å². The average molecular weight is 297 g/mol. The monoisotopic (exact) mass is 297 g/mol. The summed E-state index contributed by atoms with van der Waals surface area (Å²) in [5, 5.41) is 0. The predicted octanol–water partition coefficient (Wildman–Crippen LogP) is 1.17. The zero-order chi connectivity index (χ0) is 14.6. The van der Waals surface area contributed by atoms with Crippen LogP contribution in [0.5, 0.6) is 0 Å². The van der Waals surface area contributed by atoms with Gasteiger partial charge < -0.3 is 5.73 Å². The number of likely N-dealkylation sites (tertiary alicyclic amines) is 1. The molecular weight excluding hydrogens is 274 g/mol. The molecule has 1 aromatic rings. The maximum Gasteiger partial charge on any atom is 0.211 e. The van der Waals surface area contributed by atoms with Crippen molar-refractivity contribution in [3.8, 4) is 0 Å². The van der Waals surface area contributed by atoms with Gasteiger partial charge in [-0.05, 0) is 30.5 Å². The Hall–Kier alpha value is -1.11. The fourth-order valence-corrected chi connectivity index (χ4v) is 3.89. The van der Waals surface area contributed by atoms with Gasteiger partial charge in [0.15, 0.2) is 0 Å². The first kappa shape index (κ1) is 15.3. The molecule has 1 aromatic carbocycles. The molecule has 1 aliphatic rings. The first-order valence-corrected chi connectivity index (χ1v) is 8.70. The molecule has 1 heterocycles. The van der Waals surface area contributed by atoms with Gasteiger partial charge in [-0.15, -0.1) is 0 Å². The first-order chi connectivity index (χ1) is 9.48. The lowest BCUT2D eigenvalue weighted by Gasteiger charge is -2.17. The second-order valence-electron chi connectivity index (χ2n) is 5.40. The van der Waals surface area contributed by atoms with Gasteiger partial charge in [-0.2, -0.15) is 0 Å². The zero-order valence-corrected chi connectivity index (χ0v) is 12.7. The van der Waals surface area contributed by atoms with E-state index in [4.69, 9.17) is 5.73 Å². The summed E-state index contributed by atoms with van der Waals surface area (Å²) < 4.78 is 26.3. The SMILES string of the molecule is CCCS(=O)(=O)NC1CCN(Cc2ccc(N)cc2)C1. The van der Waals surface area contributed by atoms with Gasteiger partial charge in [0.25, 0.3) is 0 Å². The summed E-state index contributed by atoms with van der Waals surface area (Å²) in [6.07, 6.45) is 1.52. The minimum atomic E-state index is -3.11. The molecule has 0 aliphatic carbocycles. The molecule has 0 bridgehead atoms. The molecule has 1 unspecified atom stereocenters. The minimum Gasteiger partial charge on any atom is -0.399 e. The fourth-order valence-electron chi connectivity index (χ4n) is 2.54. The van der Waals surface area contributed by atoms with Crippen LogP contribution in [0.2, 0.25) is 0 Å². The highest BCUT2D eigenvalue weighted by Gasteiger charge is 2.25. The van der Waals surface area contributed by atoms with Crippen molar-refractivity contribution < 1.29 is 8.42 Å². The Balaban J connectivity index is 1.85. The zero-order valence-electron chi connectivity index (χ0n) is 11.9. The summed E-state index contributed by atoms with van der Waals surface area (Å²) in [7, 11) is -3.11. The number of benzene rings is 1. The Morgan fingerprint density at radius 1 is 1.35 bits per heavy atom. The molecule has 0 aromatic heterocycles. The van der Waals surface area contributed by atoms with Crippen LogP contribution in [0.15, 0.2) is 24.3 Å². The number of rotatable bonds is 6. The van der Waals surface area contributed by atoms with E-state index in [2.05, 4.69) is 9.62 Å². The quantitative estimate of drug-likeness (QED) is 0.773. The largest absolute Gasteiger partial charge is 0.399 e. The number of nitrogens with one attached hydrogen (secondary N) is 1. The lowest BCUT2D eigenvalue weighted by molar-refractivity contribution is 0.324. The maximum absolute atomic E-state index is 11.7. The van der Waals surface area contributed by atoms with Crippen molar-refractivity contribution in [3.63, 3.8) is 0 Å². The van der Waals surface area contributed by atoms with Gasteiger partial charge in [-0.3, -0.25) is 4.90 Å². The van der Waals surface area contributed by atoms with E-state index in [1.807, 2.05) is 31.2 Å². The number of nitrogens with zero attached hydrogens (tertiary/aromatic N) is 1. The molecule has 0 spiro atoms. The van der Waals surface area contributed by atoms with Gasteiger partial charge in [0.2, 0.25) is 10.0 Å². The van der Waals surface area contributed by atoms with Crippen LogP contribution >= 0.6 is 0 Å². The molecule has 112 valence electrons.